The molecular formula is C16H20N4O4. The monoisotopic (exact) mass is 332 g/mol. The van der Waals surface area contributed by atoms with Crippen LogP contribution in [0.3, 0.4) is 0 Å². The summed E-state index contributed by atoms with van der Waals surface area (Å²) < 4.78 is 9.78. The summed E-state index contributed by atoms with van der Waals surface area (Å²) in [6.45, 7) is 5.68. The van der Waals surface area contributed by atoms with Crippen molar-refractivity contribution in [2.24, 2.45) is 0 Å². The van der Waals surface area contributed by atoms with Gasteiger partial charge in [-0.25, -0.2) is 4.79 Å². The van der Waals surface area contributed by atoms with Gasteiger partial charge < -0.3 is 14.6 Å². The van der Waals surface area contributed by atoms with Gasteiger partial charge in [0.15, 0.2) is 0 Å². The van der Waals surface area contributed by atoms with Crippen LogP contribution in [0.4, 0.5) is 22.1 Å². The Bertz CT molecular complexity index is 727. The number of nitrogens with one attached hydrogen (secondary N) is 3. The number of rotatable bonds is 6. The minimum absolute atomic E-state index is 0.0451. The normalized spacial score (nSPS) is 10.1. The summed E-state index contributed by atoms with van der Waals surface area (Å²) in [4.78, 5) is 23.4. The van der Waals surface area contributed by atoms with E-state index in [4.69, 9.17) is 9.26 Å². The lowest BCUT2D eigenvalue weighted by molar-refractivity contribution is -0.114. The molecule has 0 aliphatic carbocycles. The highest BCUT2D eigenvalue weighted by Gasteiger charge is 2.10. The number of aromatic nitrogens is 1. The van der Waals surface area contributed by atoms with Crippen LogP contribution in [0.1, 0.15) is 18.2 Å². The van der Waals surface area contributed by atoms with Gasteiger partial charge in [0.25, 0.3) is 0 Å². The molecular weight excluding hydrogens is 312 g/mol. The smallest absolute Gasteiger partial charge is 0.411 e. The Hall–Kier alpha value is -3.03. The van der Waals surface area contributed by atoms with Gasteiger partial charge in [0, 0.05) is 17.4 Å². The first-order valence-electron chi connectivity index (χ1n) is 7.50. The van der Waals surface area contributed by atoms with Gasteiger partial charge >= 0.3 is 6.09 Å². The Morgan fingerprint density at radius 2 is 1.96 bits per heavy atom. The summed E-state index contributed by atoms with van der Waals surface area (Å²) in [5.74, 6) is 0.0306. The van der Waals surface area contributed by atoms with Crippen molar-refractivity contribution in [1.29, 1.82) is 0 Å². The molecule has 1 aromatic carbocycles. The van der Waals surface area contributed by atoms with Crippen molar-refractivity contribution < 1.29 is 18.8 Å². The number of amides is 2. The molecule has 8 nitrogen and oxygen atoms in total. The predicted octanol–water partition coefficient (Wildman–Crippen LogP) is 2.91. The van der Waals surface area contributed by atoms with Crippen LogP contribution in [-0.4, -0.2) is 30.3 Å². The Morgan fingerprint density at radius 1 is 1.21 bits per heavy atom. The third-order valence-electron chi connectivity index (χ3n) is 3.18. The zero-order chi connectivity index (χ0) is 17.5. The van der Waals surface area contributed by atoms with Crippen molar-refractivity contribution in [3.8, 4) is 0 Å². The molecule has 0 unspecified atom stereocenters. The molecule has 0 saturated carbocycles. The first kappa shape index (κ1) is 17.3. The molecule has 24 heavy (non-hydrogen) atoms. The van der Waals surface area contributed by atoms with Gasteiger partial charge in [-0.1, -0.05) is 11.2 Å². The van der Waals surface area contributed by atoms with Crippen LogP contribution in [0, 0.1) is 13.8 Å². The van der Waals surface area contributed by atoms with Crippen LogP contribution in [0.25, 0.3) is 0 Å². The van der Waals surface area contributed by atoms with Crippen molar-refractivity contribution in [1.82, 2.24) is 5.16 Å². The van der Waals surface area contributed by atoms with E-state index in [1.807, 2.05) is 13.0 Å². The number of carbonyl (C=O) groups is 2. The number of hydrogen-bond donors (Lipinski definition) is 3. The second-order valence-corrected chi connectivity index (χ2v) is 5.06. The molecule has 0 aliphatic heterocycles. The second-order valence-electron chi connectivity index (χ2n) is 5.06. The topological polar surface area (TPSA) is 105 Å². The fraction of sp³-hybridized carbons (Fsp3) is 0.312. The van der Waals surface area contributed by atoms with Gasteiger partial charge in [0.1, 0.15) is 0 Å². The van der Waals surface area contributed by atoms with E-state index >= 15 is 0 Å². The number of aryl methyl sites for hydroxylation is 1. The molecule has 128 valence electrons. The highest BCUT2D eigenvalue weighted by Crippen LogP contribution is 2.23. The average molecular weight is 332 g/mol. The Morgan fingerprint density at radius 3 is 2.62 bits per heavy atom. The van der Waals surface area contributed by atoms with E-state index in [1.54, 1.807) is 32.0 Å². The van der Waals surface area contributed by atoms with E-state index in [0.29, 0.717) is 23.9 Å². The summed E-state index contributed by atoms with van der Waals surface area (Å²) >= 11 is 0. The van der Waals surface area contributed by atoms with E-state index in [-0.39, 0.29) is 12.5 Å². The lowest BCUT2D eigenvalue weighted by Gasteiger charge is -2.13. The zero-order valence-electron chi connectivity index (χ0n) is 13.8. The van der Waals surface area contributed by atoms with Crippen LogP contribution >= 0.6 is 0 Å². The molecule has 0 radical (unpaired) electrons. The molecule has 0 atom stereocenters. The summed E-state index contributed by atoms with van der Waals surface area (Å²) in [6, 6.07) is 6.98. The lowest BCUT2D eigenvalue weighted by Crippen LogP contribution is -2.22. The number of nitrogens with zero attached hydrogens (tertiary/aromatic N) is 1. The largest absolute Gasteiger partial charge is 0.450 e. The van der Waals surface area contributed by atoms with E-state index in [2.05, 4.69) is 21.1 Å². The molecule has 2 aromatic rings. The summed E-state index contributed by atoms with van der Waals surface area (Å²) in [7, 11) is 0. The minimum Gasteiger partial charge on any atom is -0.450 e. The van der Waals surface area contributed by atoms with Crippen LogP contribution in [0.5, 0.6) is 0 Å². The minimum atomic E-state index is -0.517. The quantitative estimate of drug-likeness (QED) is 0.751. The molecule has 0 bridgehead atoms. The molecule has 0 saturated heterocycles. The number of anilines is 3. The Kier molecular flexibility index (Phi) is 5.78. The molecule has 1 aromatic heterocycles. The zero-order valence-corrected chi connectivity index (χ0v) is 13.8. The van der Waals surface area contributed by atoms with Gasteiger partial charge in [-0.15, -0.1) is 0 Å². The van der Waals surface area contributed by atoms with Crippen LogP contribution in [-0.2, 0) is 9.53 Å². The third-order valence-corrected chi connectivity index (χ3v) is 3.18. The maximum atomic E-state index is 11.9. The van der Waals surface area contributed by atoms with Crippen molar-refractivity contribution in [3.05, 3.63) is 35.5 Å². The molecule has 0 spiro atoms. The van der Waals surface area contributed by atoms with Crippen LogP contribution in [0.15, 0.2) is 28.8 Å². The molecule has 1 heterocycles. The average Bonchev–Trinajstić information content (AvgIpc) is 2.93. The first-order valence-corrected chi connectivity index (χ1v) is 7.50. The Labute approximate surface area is 139 Å². The first-order chi connectivity index (χ1) is 11.5. The molecule has 0 fully saturated rings. The summed E-state index contributed by atoms with van der Waals surface area (Å²) in [6.07, 6.45) is -0.517. The van der Waals surface area contributed by atoms with Gasteiger partial charge in [0.2, 0.25) is 11.8 Å². The predicted molar refractivity (Wildman–Crippen MR) is 90.2 cm³/mol. The van der Waals surface area contributed by atoms with Crippen LogP contribution < -0.4 is 16.0 Å². The SMILES string of the molecule is CCOC(=O)Nc1cccc(NCC(=O)Nc2cc(C)no2)c1C. The highest BCUT2D eigenvalue weighted by atomic mass is 16.5. The van der Waals surface area contributed by atoms with Crippen molar-refractivity contribution in [2.45, 2.75) is 20.8 Å². The van der Waals surface area contributed by atoms with E-state index < -0.39 is 6.09 Å². The summed E-state index contributed by atoms with van der Waals surface area (Å²) in [5, 5.41) is 12.0. The van der Waals surface area contributed by atoms with E-state index in [1.165, 1.54) is 0 Å². The number of benzene rings is 1. The molecule has 2 amide bonds. The highest BCUT2D eigenvalue weighted by molar-refractivity contribution is 5.93. The van der Waals surface area contributed by atoms with Crippen molar-refractivity contribution >= 4 is 29.3 Å². The fourth-order valence-electron chi connectivity index (χ4n) is 2.02. The fourth-order valence-corrected chi connectivity index (χ4v) is 2.02. The molecule has 8 heteroatoms. The van der Waals surface area contributed by atoms with Crippen LogP contribution in [0.2, 0.25) is 0 Å². The maximum Gasteiger partial charge on any atom is 0.411 e. The maximum absolute atomic E-state index is 11.9. The molecule has 0 aliphatic rings. The number of carbonyl (C=O) groups excluding carboxylic acids is 2. The number of hydrogen-bond acceptors (Lipinski definition) is 6. The van der Waals surface area contributed by atoms with E-state index in [9.17, 15) is 9.59 Å². The van der Waals surface area contributed by atoms with Crippen molar-refractivity contribution in [2.75, 3.05) is 29.1 Å². The standard InChI is InChI=1S/C16H20N4O4/c1-4-23-16(22)18-13-7-5-6-12(11(13)3)17-9-14(21)19-15-8-10(2)20-24-15/h5-8,17H,4,9H2,1-3H3,(H,18,22)(H,19,21). The third kappa shape index (κ3) is 4.73. The lowest BCUT2D eigenvalue weighted by atomic mass is 10.1. The Balaban J connectivity index is 1.94. The number of ether oxygens (including phenoxy) is 1. The second kappa shape index (κ2) is 8.00. The van der Waals surface area contributed by atoms with Crippen molar-refractivity contribution in [3.63, 3.8) is 0 Å². The molecule has 3 N–H and O–H groups in total. The van der Waals surface area contributed by atoms with E-state index in [0.717, 1.165) is 11.3 Å². The van der Waals surface area contributed by atoms with Gasteiger partial charge in [-0.05, 0) is 38.5 Å². The summed E-state index contributed by atoms with van der Waals surface area (Å²) in [5.41, 5.74) is 2.83. The van der Waals surface area contributed by atoms with Gasteiger partial charge in [-0.3, -0.25) is 15.4 Å². The molecule has 2 rings (SSSR count). The van der Waals surface area contributed by atoms with Gasteiger partial charge in [-0.2, -0.15) is 0 Å². The van der Waals surface area contributed by atoms with Gasteiger partial charge in [0.05, 0.1) is 18.8 Å².